The summed E-state index contributed by atoms with van der Waals surface area (Å²) >= 11 is 3.44. The van der Waals surface area contributed by atoms with Crippen molar-refractivity contribution in [1.82, 2.24) is 4.98 Å². The molecule has 1 aromatic carbocycles. The number of pyridine rings is 1. The highest BCUT2D eigenvalue weighted by atomic mass is 79.9. The van der Waals surface area contributed by atoms with Crippen molar-refractivity contribution in [2.24, 2.45) is 5.92 Å². The summed E-state index contributed by atoms with van der Waals surface area (Å²) in [5, 5.41) is 4.49. The molecule has 2 aromatic rings. The van der Waals surface area contributed by atoms with Crippen molar-refractivity contribution in [2.75, 3.05) is 17.6 Å². The van der Waals surface area contributed by atoms with Crippen LogP contribution in [0.5, 0.6) is 0 Å². The Morgan fingerprint density at radius 1 is 1.32 bits per heavy atom. The zero-order valence-corrected chi connectivity index (χ0v) is 13.0. The van der Waals surface area contributed by atoms with E-state index in [-0.39, 0.29) is 0 Å². The van der Waals surface area contributed by atoms with E-state index in [2.05, 4.69) is 40.1 Å². The topological polar surface area (TPSA) is 50.9 Å². The van der Waals surface area contributed by atoms with Crippen LogP contribution in [0, 0.1) is 5.92 Å². The third-order valence-corrected chi connectivity index (χ3v) is 4.02. The van der Waals surface area contributed by atoms with Crippen LogP contribution in [0.25, 0.3) is 10.9 Å². The lowest BCUT2D eigenvalue weighted by Gasteiger charge is -2.16. The summed E-state index contributed by atoms with van der Waals surface area (Å²) in [6.45, 7) is 5.43. The van der Waals surface area contributed by atoms with E-state index in [0.717, 1.165) is 33.3 Å². The number of benzene rings is 1. The van der Waals surface area contributed by atoms with Gasteiger partial charge in [-0.1, -0.05) is 26.7 Å². The van der Waals surface area contributed by atoms with Crippen LogP contribution in [0.1, 0.15) is 26.7 Å². The van der Waals surface area contributed by atoms with Crippen LogP contribution >= 0.6 is 15.9 Å². The van der Waals surface area contributed by atoms with E-state index >= 15 is 0 Å². The molecule has 102 valence electrons. The molecule has 2 rings (SSSR count). The molecule has 0 aliphatic carbocycles. The number of nitrogens with zero attached hydrogens (tertiary/aromatic N) is 1. The molecule has 0 aliphatic heterocycles. The highest BCUT2D eigenvalue weighted by molar-refractivity contribution is 9.10. The molecule has 0 saturated carbocycles. The van der Waals surface area contributed by atoms with Gasteiger partial charge >= 0.3 is 0 Å². The van der Waals surface area contributed by atoms with Gasteiger partial charge in [0.2, 0.25) is 0 Å². The number of nitrogens with one attached hydrogen (secondary N) is 1. The lowest BCUT2D eigenvalue weighted by atomic mass is 10.0. The quantitative estimate of drug-likeness (QED) is 0.801. The Labute approximate surface area is 122 Å². The molecule has 0 atom stereocenters. The Balaban J connectivity index is 2.31. The molecule has 0 bridgehead atoms. The Morgan fingerprint density at radius 2 is 2.05 bits per heavy atom. The first-order chi connectivity index (χ1) is 9.15. The van der Waals surface area contributed by atoms with Crippen molar-refractivity contribution < 1.29 is 0 Å². The van der Waals surface area contributed by atoms with Crippen LogP contribution in [-0.2, 0) is 0 Å². The average Bonchev–Trinajstić information content (AvgIpc) is 2.42. The number of hydrogen-bond acceptors (Lipinski definition) is 3. The molecule has 0 amide bonds. The fraction of sp³-hybridized carbons (Fsp3) is 0.400. The largest absolute Gasteiger partial charge is 0.398 e. The lowest BCUT2D eigenvalue weighted by molar-refractivity contribution is 0.519. The monoisotopic (exact) mass is 321 g/mol. The Morgan fingerprint density at radius 3 is 2.74 bits per heavy atom. The van der Waals surface area contributed by atoms with Crippen molar-refractivity contribution in [3.05, 3.63) is 28.9 Å². The standard InChI is InChI=1S/C15H20BrN3/c1-3-10(4-2)8-18-14-6-5-13(17)12-7-11(16)9-19-15(12)14/h5-7,9-10,18H,3-4,8,17H2,1-2H3. The third kappa shape index (κ3) is 3.18. The van der Waals surface area contributed by atoms with Gasteiger partial charge < -0.3 is 11.1 Å². The minimum Gasteiger partial charge on any atom is -0.398 e. The number of nitrogen functional groups attached to an aromatic ring is 1. The Kier molecular flexibility index (Phi) is 4.64. The van der Waals surface area contributed by atoms with Gasteiger partial charge in [-0.15, -0.1) is 0 Å². The van der Waals surface area contributed by atoms with Crippen molar-refractivity contribution in [3.63, 3.8) is 0 Å². The van der Waals surface area contributed by atoms with Crippen molar-refractivity contribution in [2.45, 2.75) is 26.7 Å². The number of anilines is 2. The summed E-state index contributed by atoms with van der Waals surface area (Å²) in [5.74, 6) is 0.697. The van der Waals surface area contributed by atoms with Crippen molar-refractivity contribution >= 4 is 38.2 Å². The number of fused-ring (bicyclic) bond motifs is 1. The molecule has 0 unspecified atom stereocenters. The normalized spacial score (nSPS) is 11.2. The van der Waals surface area contributed by atoms with Gasteiger partial charge in [-0.25, -0.2) is 0 Å². The van der Waals surface area contributed by atoms with E-state index < -0.39 is 0 Å². The predicted octanol–water partition coefficient (Wildman–Crippen LogP) is 4.43. The summed E-state index contributed by atoms with van der Waals surface area (Å²) in [6, 6.07) is 5.96. The van der Waals surface area contributed by atoms with Crippen LogP contribution in [0.4, 0.5) is 11.4 Å². The van der Waals surface area contributed by atoms with Gasteiger partial charge in [-0.3, -0.25) is 4.98 Å². The first-order valence-electron chi connectivity index (χ1n) is 6.73. The molecule has 0 saturated heterocycles. The molecule has 19 heavy (non-hydrogen) atoms. The number of halogens is 1. The number of hydrogen-bond donors (Lipinski definition) is 2. The van der Waals surface area contributed by atoms with Gasteiger partial charge in [0.1, 0.15) is 0 Å². The molecule has 3 N–H and O–H groups in total. The van der Waals surface area contributed by atoms with Crippen molar-refractivity contribution in [3.8, 4) is 0 Å². The third-order valence-electron chi connectivity index (χ3n) is 3.59. The van der Waals surface area contributed by atoms with E-state index in [1.165, 1.54) is 12.8 Å². The number of aromatic nitrogens is 1. The lowest BCUT2D eigenvalue weighted by Crippen LogP contribution is -2.13. The van der Waals surface area contributed by atoms with E-state index in [1.54, 1.807) is 0 Å². The molecule has 1 heterocycles. The van der Waals surface area contributed by atoms with Crippen molar-refractivity contribution in [1.29, 1.82) is 0 Å². The van der Waals surface area contributed by atoms with Gasteiger partial charge in [0, 0.05) is 28.3 Å². The van der Waals surface area contributed by atoms with Crippen LogP contribution in [0.2, 0.25) is 0 Å². The smallest absolute Gasteiger partial charge is 0.0954 e. The summed E-state index contributed by atoms with van der Waals surface area (Å²) in [6.07, 6.45) is 4.19. The fourth-order valence-corrected chi connectivity index (χ4v) is 2.52. The first kappa shape index (κ1) is 14.1. The zero-order chi connectivity index (χ0) is 13.8. The van der Waals surface area contributed by atoms with Crippen LogP contribution in [-0.4, -0.2) is 11.5 Å². The second-order valence-corrected chi connectivity index (χ2v) is 5.73. The van der Waals surface area contributed by atoms with Gasteiger partial charge in [0.05, 0.1) is 11.2 Å². The minimum absolute atomic E-state index is 0.697. The summed E-state index contributed by atoms with van der Waals surface area (Å²) in [5.41, 5.74) is 8.77. The van der Waals surface area contributed by atoms with Crippen LogP contribution in [0.15, 0.2) is 28.9 Å². The fourth-order valence-electron chi connectivity index (χ4n) is 2.19. The molecular weight excluding hydrogens is 302 g/mol. The van der Waals surface area contributed by atoms with E-state index in [9.17, 15) is 0 Å². The second-order valence-electron chi connectivity index (χ2n) is 4.82. The van der Waals surface area contributed by atoms with Gasteiger partial charge in [0.25, 0.3) is 0 Å². The molecule has 0 radical (unpaired) electrons. The molecule has 3 nitrogen and oxygen atoms in total. The predicted molar refractivity (Wildman–Crippen MR) is 86.4 cm³/mol. The highest BCUT2D eigenvalue weighted by Crippen LogP contribution is 2.29. The van der Waals surface area contributed by atoms with Gasteiger partial charge in [-0.2, -0.15) is 0 Å². The number of rotatable bonds is 5. The molecule has 4 heteroatoms. The molecular formula is C15H20BrN3. The van der Waals surface area contributed by atoms with E-state index in [1.807, 2.05) is 24.4 Å². The van der Waals surface area contributed by atoms with E-state index in [0.29, 0.717) is 5.92 Å². The average molecular weight is 322 g/mol. The summed E-state index contributed by atoms with van der Waals surface area (Å²) in [4.78, 5) is 4.48. The minimum atomic E-state index is 0.697. The summed E-state index contributed by atoms with van der Waals surface area (Å²) in [7, 11) is 0. The second kappa shape index (κ2) is 6.24. The Hall–Kier alpha value is -1.29. The summed E-state index contributed by atoms with van der Waals surface area (Å²) < 4.78 is 0.948. The Bertz CT molecular complexity index is 565. The van der Waals surface area contributed by atoms with Gasteiger partial charge in [-0.05, 0) is 40.0 Å². The highest BCUT2D eigenvalue weighted by Gasteiger charge is 2.08. The molecule has 1 aromatic heterocycles. The molecule has 0 fully saturated rings. The number of nitrogens with two attached hydrogens (primary N) is 1. The van der Waals surface area contributed by atoms with Gasteiger partial charge in [0.15, 0.2) is 0 Å². The maximum Gasteiger partial charge on any atom is 0.0954 e. The maximum atomic E-state index is 6.01. The van der Waals surface area contributed by atoms with E-state index in [4.69, 9.17) is 5.73 Å². The maximum absolute atomic E-state index is 6.01. The van der Waals surface area contributed by atoms with Crippen LogP contribution in [0.3, 0.4) is 0 Å². The SMILES string of the molecule is CCC(CC)CNc1ccc(N)c2cc(Br)cnc12. The zero-order valence-electron chi connectivity index (χ0n) is 11.4. The first-order valence-corrected chi connectivity index (χ1v) is 7.52. The molecule has 0 spiro atoms. The van der Waals surface area contributed by atoms with Crippen LogP contribution < -0.4 is 11.1 Å². The molecule has 0 aliphatic rings.